The standard InChI is InChI=1S/C11H10Br2N2O2S/c12-5-10-11-8(9(13)6-14-10)3-4-15(11)18(16,17)7-1-2-7/h3-4,6-7H,1-2,5H2. The normalized spacial score (nSPS) is 16.3. The summed E-state index contributed by atoms with van der Waals surface area (Å²) in [4.78, 5) is 4.27. The van der Waals surface area contributed by atoms with Crippen LogP contribution >= 0.6 is 31.9 Å². The van der Waals surface area contributed by atoms with E-state index in [4.69, 9.17) is 0 Å². The van der Waals surface area contributed by atoms with Crippen molar-refractivity contribution in [1.82, 2.24) is 8.96 Å². The van der Waals surface area contributed by atoms with Crippen molar-refractivity contribution in [1.29, 1.82) is 0 Å². The fourth-order valence-electron chi connectivity index (χ4n) is 1.99. The lowest BCUT2D eigenvalue weighted by Gasteiger charge is -2.08. The third-order valence-electron chi connectivity index (χ3n) is 3.06. The summed E-state index contributed by atoms with van der Waals surface area (Å²) in [5.41, 5.74) is 1.41. The Bertz CT molecular complexity index is 720. The fraction of sp³-hybridized carbons (Fsp3) is 0.364. The van der Waals surface area contributed by atoms with E-state index in [0.717, 1.165) is 28.4 Å². The molecule has 2 aromatic rings. The number of nitrogens with zero attached hydrogens (tertiary/aromatic N) is 2. The molecule has 0 aromatic carbocycles. The molecule has 0 N–H and O–H groups in total. The van der Waals surface area contributed by atoms with Gasteiger partial charge in [0.25, 0.3) is 0 Å². The minimum Gasteiger partial charge on any atom is -0.257 e. The van der Waals surface area contributed by atoms with Crippen LogP contribution in [0, 0.1) is 0 Å². The predicted octanol–water partition coefficient (Wildman–Crippen LogP) is 3.03. The van der Waals surface area contributed by atoms with Gasteiger partial charge in [-0.3, -0.25) is 4.98 Å². The molecule has 0 saturated heterocycles. The molecule has 1 aliphatic carbocycles. The van der Waals surface area contributed by atoms with E-state index in [1.54, 1.807) is 12.4 Å². The highest BCUT2D eigenvalue weighted by atomic mass is 79.9. The minimum absolute atomic E-state index is 0.227. The van der Waals surface area contributed by atoms with E-state index in [9.17, 15) is 8.42 Å². The SMILES string of the molecule is O=S(=O)(C1CC1)n1ccc2c(Br)cnc(CBr)c21. The molecule has 0 atom stereocenters. The van der Waals surface area contributed by atoms with Crippen molar-refractivity contribution < 1.29 is 8.42 Å². The zero-order valence-corrected chi connectivity index (χ0v) is 13.3. The van der Waals surface area contributed by atoms with Gasteiger partial charge in [-0.1, -0.05) is 15.9 Å². The molecule has 0 radical (unpaired) electrons. The molecular weight excluding hydrogens is 384 g/mol. The van der Waals surface area contributed by atoms with Gasteiger partial charge in [-0.25, -0.2) is 12.4 Å². The van der Waals surface area contributed by atoms with Gasteiger partial charge in [0, 0.05) is 27.6 Å². The van der Waals surface area contributed by atoms with Crippen molar-refractivity contribution in [3.8, 4) is 0 Å². The van der Waals surface area contributed by atoms with Crippen molar-refractivity contribution in [3.05, 3.63) is 28.6 Å². The van der Waals surface area contributed by atoms with Gasteiger partial charge in [0.2, 0.25) is 10.0 Å². The maximum atomic E-state index is 12.4. The summed E-state index contributed by atoms with van der Waals surface area (Å²) < 4.78 is 26.9. The Hall–Kier alpha value is -0.400. The average molecular weight is 394 g/mol. The first-order chi connectivity index (χ1) is 8.55. The molecule has 2 heterocycles. The second-order valence-electron chi connectivity index (χ2n) is 4.30. The molecule has 0 unspecified atom stereocenters. The van der Waals surface area contributed by atoms with Crippen molar-refractivity contribution in [2.75, 3.05) is 0 Å². The lowest BCUT2D eigenvalue weighted by molar-refractivity contribution is 0.587. The summed E-state index contributed by atoms with van der Waals surface area (Å²) in [5, 5.41) is 1.18. The Morgan fingerprint density at radius 3 is 2.78 bits per heavy atom. The zero-order valence-electron chi connectivity index (χ0n) is 9.31. The molecule has 3 rings (SSSR count). The molecular formula is C11H10Br2N2O2S. The highest BCUT2D eigenvalue weighted by Gasteiger charge is 2.38. The Kier molecular flexibility index (Phi) is 3.03. The van der Waals surface area contributed by atoms with Gasteiger partial charge in [-0.2, -0.15) is 0 Å². The number of fused-ring (bicyclic) bond motifs is 1. The number of halogens is 2. The quantitative estimate of drug-likeness (QED) is 0.753. The number of hydrogen-bond acceptors (Lipinski definition) is 3. The monoisotopic (exact) mass is 392 g/mol. The second kappa shape index (κ2) is 4.31. The summed E-state index contributed by atoms with van der Waals surface area (Å²) in [5.74, 6) is 0. The van der Waals surface area contributed by atoms with Crippen LogP contribution in [-0.2, 0) is 15.4 Å². The van der Waals surface area contributed by atoms with Crippen LogP contribution in [0.2, 0.25) is 0 Å². The molecule has 1 aliphatic rings. The molecule has 2 aromatic heterocycles. The van der Waals surface area contributed by atoms with Crippen LogP contribution in [0.15, 0.2) is 22.9 Å². The third kappa shape index (κ3) is 1.83. The average Bonchev–Trinajstić information content (AvgIpc) is 3.10. The van der Waals surface area contributed by atoms with E-state index in [0.29, 0.717) is 10.8 Å². The van der Waals surface area contributed by atoms with E-state index in [2.05, 4.69) is 36.8 Å². The first-order valence-corrected chi connectivity index (χ1v) is 8.92. The van der Waals surface area contributed by atoms with Crippen LogP contribution in [0.3, 0.4) is 0 Å². The number of aromatic nitrogens is 2. The van der Waals surface area contributed by atoms with Crippen molar-refractivity contribution in [2.24, 2.45) is 0 Å². The lowest BCUT2D eigenvalue weighted by atomic mass is 10.3. The van der Waals surface area contributed by atoms with E-state index in [1.807, 2.05) is 6.07 Å². The molecule has 18 heavy (non-hydrogen) atoms. The summed E-state index contributed by atoms with van der Waals surface area (Å²) in [6, 6.07) is 1.81. The smallest absolute Gasteiger partial charge is 0.241 e. The lowest BCUT2D eigenvalue weighted by Crippen LogP contribution is -2.17. The van der Waals surface area contributed by atoms with Crippen LogP contribution in [0.25, 0.3) is 10.9 Å². The van der Waals surface area contributed by atoms with Gasteiger partial charge in [-0.05, 0) is 34.8 Å². The van der Waals surface area contributed by atoms with Gasteiger partial charge >= 0.3 is 0 Å². The zero-order chi connectivity index (χ0) is 12.9. The molecule has 0 spiro atoms. The topological polar surface area (TPSA) is 52.0 Å². The maximum absolute atomic E-state index is 12.4. The van der Waals surface area contributed by atoms with Crippen molar-refractivity contribution in [3.63, 3.8) is 0 Å². The minimum atomic E-state index is -3.26. The summed E-state index contributed by atoms with van der Waals surface area (Å²) in [6.07, 6.45) is 4.84. The van der Waals surface area contributed by atoms with Gasteiger partial charge in [0.1, 0.15) is 0 Å². The highest BCUT2D eigenvalue weighted by Crippen LogP contribution is 2.34. The van der Waals surface area contributed by atoms with Gasteiger partial charge in [0.05, 0.1) is 16.5 Å². The third-order valence-corrected chi connectivity index (χ3v) is 6.39. The van der Waals surface area contributed by atoms with Crippen molar-refractivity contribution in [2.45, 2.75) is 23.4 Å². The predicted molar refractivity (Wildman–Crippen MR) is 77.4 cm³/mol. The first kappa shape index (κ1) is 12.6. The van der Waals surface area contributed by atoms with Crippen LogP contribution < -0.4 is 0 Å². The molecule has 0 amide bonds. The number of pyridine rings is 1. The van der Waals surface area contributed by atoms with E-state index in [-0.39, 0.29) is 5.25 Å². The summed E-state index contributed by atoms with van der Waals surface area (Å²) in [7, 11) is -3.26. The van der Waals surface area contributed by atoms with Gasteiger partial charge in [-0.15, -0.1) is 0 Å². The first-order valence-electron chi connectivity index (χ1n) is 5.50. The highest BCUT2D eigenvalue weighted by molar-refractivity contribution is 9.10. The fourth-order valence-corrected chi connectivity index (χ4v) is 4.57. The van der Waals surface area contributed by atoms with Crippen LogP contribution in [0.1, 0.15) is 18.5 Å². The van der Waals surface area contributed by atoms with Crippen LogP contribution in [-0.4, -0.2) is 22.6 Å². The van der Waals surface area contributed by atoms with E-state index >= 15 is 0 Å². The Morgan fingerprint density at radius 2 is 2.17 bits per heavy atom. The molecule has 1 saturated carbocycles. The number of rotatable bonds is 3. The van der Waals surface area contributed by atoms with E-state index in [1.165, 1.54) is 3.97 Å². The molecule has 1 fully saturated rings. The van der Waals surface area contributed by atoms with Gasteiger partial charge in [0.15, 0.2) is 0 Å². The molecule has 7 heteroatoms. The van der Waals surface area contributed by atoms with Crippen LogP contribution in [0.5, 0.6) is 0 Å². The number of alkyl halides is 1. The Labute approximate surface area is 122 Å². The number of hydrogen-bond donors (Lipinski definition) is 0. The largest absolute Gasteiger partial charge is 0.257 e. The molecule has 96 valence electrons. The summed E-state index contributed by atoms with van der Waals surface area (Å²) in [6.45, 7) is 0. The maximum Gasteiger partial charge on any atom is 0.241 e. The van der Waals surface area contributed by atoms with Crippen LogP contribution in [0.4, 0.5) is 0 Å². The van der Waals surface area contributed by atoms with E-state index < -0.39 is 10.0 Å². The van der Waals surface area contributed by atoms with Gasteiger partial charge < -0.3 is 0 Å². The molecule has 4 nitrogen and oxygen atoms in total. The molecule has 0 aliphatic heterocycles. The van der Waals surface area contributed by atoms with Crippen molar-refractivity contribution >= 4 is 52.8 Å². The molecule has 0 bridgehead atoms. The second-order valence-corrected chi connectivity index (χ2v) is 7.81. The summed E-state index contributed by atoms with van der Waals surface area (Å²) >= 11 is 6.76. The Morgan fingerprint density at radius 1 is 1.44 bits per heavy atom. The Balaban J connectivity index is 2.34.